The molecular weight excluding hydrogens is 182 g/mol. The molecule has 1 saturated heterocycles. The van der Waals surface area contributed by atoms with Crippen LogP contribution in [0.1, 0.15) is 52.4 Å². The van der Waals surface area contributed by atoms with Gasteiger partial charge >= 0.3 is 0 Å². The second kappa shape index (κ2) is 4.86. The molecule has 1 saturated carbocycles. The quantitative estimate of drug-likeness (QED) is 0.672. The lowest BCUT2D eigenvalue weighted by Crippen LogP contribution is -2.29. The number of nitrogens with zero attached hydrogens (tertiary/aromatic N) is 1. The topological polar surface area (TPSA) is 3.24 Å². The zero-order valence-electron chi connectivity index (χ0n) is 10.7. The number of hydrogen-bond acceptors (Lipinski definition) is 1. The molecule has 1 nitrogen and oxygen atoms in total. The smallest absolute Gasteiger partial charge is 0.0118 e. The van der Waals surface area contributed by atoms with Crippen molar-refractivity contribution in [3.63, 3.8) is 0 Å². The van der Waals surface area contributed by atoms with Crippen LogP contribution in [0.5, 0.6) is 0 Å². The number of hydrogen-bond donors (Lipinski definition) is 0. The molecule has 2 rings (SSSR count). The molecule has 1 heteroatoms. The Morgan fingerprint density at radius 2 is 1.67 bits per heavy atom. The van der Waals surface area contributed by atoms with Gasteiger partial charge in [0.05, 0.1) is 0 Å². The van der Waals surface area contributed by atoms with E-state index in [1.54, 1.807) is 0 Å². The summed E-state index contributed by atoms with van der Waals surface area (Å²) in [6.45, 7) is 6.13. The van der Waals surface area contributed by atoms with E-state index in [0.29, 0.717) is 0 Å². The lowest BCUT2D eigenvalue weighted by molar-refractivity contribution is 0.238. The summed E-state index contributed by atoms with van der Waals surface area (Å²) in [5, 5.41) is 0. The molecule has 0 radical (unpaired) electrons. The molecule has 88 valence electrons. The van der Waals surface area contributed by atoms with Crippen LogP contribution in [0, 0.1) is 17.8 Å². The minimum Gasteiger partial charge on any atom is -0.303 e. The van der Waals surface area contributed by atoms with Crippen molar-refractivity contribution >= 4 is 0 Å². The fourth-order valence-electron chi connectivity index (χ4n) is 3.80. The fourth-order valence-corrected chi connectivity index (χ4v) is 3.80. The average Bonchev–Trinajstić information content (AvgIpc) is 2.62. The highest BCUT2D eigenvalue weighted by Crippen LogP contribution is 2.38. The molecule has 1 aliphatic carbocycles. The van der Waals surface area contributed by atoms with E-state index in [1.165, 1.54) is 45.1 Å². The van der Waals surface area contributed by atoms with Crippen molar-refractivity contribution in [3.8, 4) is 0 Å². The van der Waals surface area contributed by atoms with E-state index in [1.807, 2.05) is 0 Å². The summed E-state index contributed by atoms with van der Waals surface area (Å²) in [5.74, 6) is 2.91. The first-order chi connectivity index (χ1) is 7.18. The van der Waals surface area contributed by atoms with Crippen molar-refractivity contribution in [2.24, 2.45) is 17.8 Å². The maximum absolute atomic E-state index is 2.62. The predicted octanol–water partition coefficient (Wildman–Crippen LogP) is 3.54. The molecule has 0 unspecified atom stereocenters. The van der Waals surface area contributed by atoms with Crippen molar-refractivity contribution in [3.05, 3.63) is 0 Å². The van der Waals surface area contributed by atoms with Crippen LogP contribution in [0.4, 0.5) is 0 Å². The third-order valence-corrected chi connectivity index (χ3v) is 4.72. The van der Waals surface area contributed by atoms with Crippen LogP contribution in [-0.4, -0.2) is 24.5 Å². The summed E-state index contributed by atoms with van der Waals surface area (Å²) in [5.41, 5.74) is 0. The molecule has 0 bridgehead atoms. The zero-order chi connectivity index (χ0) is 10.8. The number of likely N-dealkylation sites (tertiary alicyclic amines) is 1. The van der Waals surface area contributed by atoms with Gasteiger partial charge in [0.25, 0.3) is 0 Å². The summed E-state index contributed by atoms with van der Waals surface area (Å²) in [7, 11) is 2.33. The Labute approximate surface area is 95.2 Å². The molecule has 1 aliphatic heterocycles. The molecule has 0 spiro atoms. The van der Waals surface area contributed by atoms with Crippen molar-refractivity contribution in [1.82, 2.24) is 4.90 Å². The van der Waals surface area contributed by atoms with Gasteiger partial charge in [-0.1, -0.05) is 46.0 Å². The van der Waals surface area contributed by atoms with E-state index in [4.69, 9.17) is 0 Å². The molecular formula is C14H27N. The lowest BCUT2D eigenvalue weighted by Gasteiger charge is -2.27. The Morgan fingerprint density at radius 1 is 1.00 bits per heavy atom. The second-order valence-corrected chi connectivity index (χ2v) is 6.14. The molecule has 0 aromatic carbocycles. The van der Waals surface area contributed by atoms with E-state index < -0.39 is 0 Å². The molecule has 0 N–H and O–H groups in total. The highest BCUT2D eigenvalue weighted by atomic mass is 15.2. The monoisotopic (exact) mass is 209 g/mol. The van der Waals surface area contributed by atoms with Gasteiger partial charge < -0.3 is 4.90 Å². The highest BCUT2D eigenvalue weighted by molar-refractivity contribution is 4.89. The van der Waals surface area contributed by atoms with Crippen LogP contribution in [-0.2, 0) is 0 Å². The minimum absolute atomic E-state index is 0.837. The van der Waals surface area contributed by atoms with Gasteiger partial charge in [-0.15, -0.1) is 0 Å². The summed E-state index contributed by atoms with van der Waals surface area (Å²) in [6, 6.07) is 0.858. The minimum atomic E-state index is 0.837. The summed E-state index contributed by atoms with van der Waals surface area (Å²) in [6.07, 6.45) is 8.99. The van der Waals surface area contributed by atoms with Crippen LogP contribution in [0.25, 0.3) is 0 Å². The third kappa shape index (κ3) is 2.55. The summed E-state index contributed by atoms with van der Waals surface area (Å²) < 4.78 is 0. The largest absolute Gasteiger partial charge is 0.303 e. The standard InChI is InChI=1S/C14H27N/c1-11(2)14-9-13(10-15(14)3)12-7-5-4-6-8-12/h11-14H,4-10H2,1-3H3/t13-,14+/m1/s1. The second-order valence-electron chi connectivity index (χ2n) is 6.14. The Kier molecular flexibility index (Phi) is 3.71. The Bertz CT molecular complexity index is 194. The van der Waals surface area contributed by atoms with Gasteiger partial charge in [-0.2, -0.15) is 0 Å². The first-order valence-corrected chi connectivity index (χ1v) is 6.88. The predicted molar refractivity (Wildman–Crippen MR) is 65.9 cm³/mol. The van der Waals surface area contributed by atoms with Gasteiger partial charge in [-0.05, 0) is 31.2 Å². The normalized spacial score (nSPS) is 35.2. The van der Waals surface area contributed by atoms with Crippen LogP contribution >= 0.6 is 0 Å². The van der Waals surface area contributed by atoms with Crippen LogP contribution < -0.4 is 0 Å². The van der Waals surface area contributed by atoms with Gasteiger partial charge in [-0.25, -0.2) is 0 Å². The molecule has 2 aliphatic rings. The molecule has 1 heterocycles. The van der Waals surface area contributed by atoms with Gasteiger partial charge in [-0.3, -0.25) is 0 Å². The third-order valence-electron chi connectivity index (χ3n) is 4.72. The summed E-state index contributed by atoms with van der Waals surface area (Å²) >= 11 is 0. The van der Waals surface area contributed by atoms with Gasteiger partial charge in [0.15, 0.2) is 0 Å². The van der Waals surface area contributed by atoms with E-state index in [0.717, 1.165) is 23.8 Å². The van der Waals surface area contributed by atoms with E-state index in [2.05, 4.69) is 25.8 Å². The van der Waals surface area contributed by atoms with Gasteiger partial charge in [0.2, 0.25) is 0 Å². The molecule has 0 aromatic heterocycles. The van der Waals surface area contributed by atoms with E-state index in [9.17, 15) is 0 Å². The molecule has 2 atom stereocenters. The Morgan fingerprint density at radius 3 is 2.20 bits per heavy atom. The first kappa shape index (κ1) is 11.4. The fraction of sp³-hybridized carbons (Fsp3) is 1.00. The van der Waals surface area contributed by atoms with Crippen LogP contribution in [0.2, 0.25) is 0 Å². The van der Waals surface area contributed by atoms with Crippen molar-refractivity contribution in [1.29, 1.82) is 0 Å². The van der Waals surface area contributed by atoms with Gasteiger partial charge in [0.1, 0.15) is 0 Å². The molecule has 0 aromatic rings. The Balaban J connectivity index is 1.89. The number of rotatable bonds is 2. The molecule has 0 amide bonds. The SMILES string of the molecule is CC(C)[C@@H]1C[C@@H](C2CCCCC2)CN1C. The lowest BCUT2D eigenvalue weighted by atomic mass is 9.78. The Hall–Kier alpha value is -0.0400. The van der Waals surface area contributed by atoms with Crippen LogP contribution in [0.3, 0.4) is 0 Å². The van der Waals surface area contributed by atoms with E-state index in [-0.39, 0.29) is 0 Å². The van der Waals surface area contributed by atoms with Crippen molar-refractivity contribution in [2.75, 3.05) is 13.6 Å². The molecule has 2 fully saturated rings. The zero-order valence-corrected chi connectivity index (χ0v) is 10.7. The summed E-state index contributed by atoms with van der Waals surface area (Å²) in [4.78, 5) is 2.62. The van der Waals surface area contributed by atoms with E-state index >= 15 is 0 Å². The first-order valence-electron chi connectivity index (χ1n) is 6.88. The van der Waals surface area contributed by atoms with Gasteiger partial charge in [0, 0.05) is 12.6 Å². The van der Waals surface area contributed by atoms with Crippen LogP contribution in [0.15, 0.2) is 0 Å². The average molecular weight is 209 g/mol. The molecule has 15 heavy (non-hydrogen) atoms. The van der Waals surface area contributed by atoms with Crippen molar-refractivity contribution in [2.45, 2.75) is 58.4 Å². The maximum atomic E-state index is 2.62. The van der Waals surface area contributed by atoms with Crippen molar-refractivity contribution < 1.29 is 0 Å². The maximum Gasteiger partial charge on any atom is 0.0118 e. The highest BCUT2D eigenvalue weighted by Gasteiger charge is 2.35.